The van der Waals surface area contributed by atoms with E-state index >= 15 is 0 Å². The predicted molar refractivity (Wildman–Crippen MR) is 128 cm³/mol. The Morgan fingerprint density at radius 1 is 0.972 bits per heavy atom. The van der Waals surface area contributed by atoms with Gasteiger partial charge in [-0.2, -0.15) is 26.3 Å². The molecule has 0 amide bonds. The zero-order valence-electron chi connectivity index (χ0n) is 21.2. The van der Waals surface area contributed by atoms with Gasteiger partial charge in [0.25, 0.3) is 5.60 Å². The van der Waals surface area contributed by atoms with Gasteiger partial charge in [-0.25, -0.2) is 0 Å². The average molecular weight is 521 g/mol. The number of hydrogen-bond donors (Lipinski definition) is 2. The SMILES string of the molecule is C=C1CC[C@H](O)C/C1=C\C=C1/CCC[C@]2(C)[C@@H]([C@H](C)/C=C/C(C)C(O)(C(F)(F)F)C(F)(F)F)CC[C@@H]12. The molecule has 0 aromatic carbocycles. The molecule has 0 heterocycles. The Morgan fingerprint density at radius 2 is 1.61 bits per heavy atom. The van der Waals surface area contributed by atoms with Crippen LogP contribution in [0, 0.1) is 29.1 Å². The molecular weight excluding hydrogens is 482 g/mol. The number of hydrogen-bond acceptors (Lipinski definition) is 2. The Balaban J connectivity index is 1.78. The molecule has 3 aliphatic rings. The third-order valence-electron chi connectivity index (χ3n) is 9.09. The fraction of sp³-hybridized carbons (Fsp3) is 0.714. The quantitative estimate of drug-likeness (QED) is 0.286. The van der Waals surface area contributed by atoms with E-state index in [1.807, 2.05) is 6.92 Å². The van der Waals surface area contributed by atoms with Gasteiger partial charge >= 0.3 is 12.4 Å². The minimum atomic E-state index is -5.83. The molecule has 6 atom stereocenters. The van der Waals surface area contributed by atoms with E-state index in [0.29, 0.717) is 12.3 Å². The van der Waals surface area contributed by atoms with Crippen molar-refractivity contribution in [1.29, 1.82) is 0 Å². The van der Waals surface area contributed by atoms with Gasteiger partial charge < -0.3 is 10.2 Å². The standard InChI is InChI=1S/C28H38F6O2/c1-17-8-12-22(35)16-21(17)11-10-20-6-5-15-25(4)23(13-14-24(20)25)18(2)7-9-19(3)26(36,27(29,30)31)28(32,33)34/h7,9-11,18-19,22-24,35-36H,1,5-6,8,12-16H2,2-4H3/b9-7+,20-10+,21-11+/t18-,19?,22+,23-,24+,25-/m1/s1. The molecule has 0 bridgehead atoms. The van der Waals surface area contributed by atoms with Crippen LogP contribution in [0.25, 0.3) is 0 Å². The van der Waals surface area contributed by atoms with Gasteiger partial charge in [-0.05, 0) is 80.1 Å². The minimum Gasteiger partial charge on any atom is -0.393 e. The van der Waals surface area contributed by atoms with Crippen molar-refractivity contribution in [2.45, 2.75) is 96.2 Å². The summed E-state index contributed by atoms with van der Waals surface area (Å²) in [5, 5.41) is 19.7. The van der Waals surface area contributed by atoms with Crippen molar-refractivity contribution in [2.24, 2.45) is 29.1 Å². The molecule has 2 N–H and O–H groups in total. The molecule has 0 aliphatic heterocycles. The predicted octanol–water partition coefficient (Wildman–Crippen LogP) is 7.84. The van der Waals surface area contributed by atoms with E-state index in [-0.39, 0.29) is 23.4 Å². The highest BCUT2D eigenvalue weighted by atomic mass is 19.4. The van der Waals surface area contributed by atoms with Crippen LogP contribution in [0.1, 0.15) is 72.1 Å². The number of alkyl halides is 6. The summed E-state index contributed by atoms with van der Waals surface area (Å²) in [4.78, 5) is 0. The number of aliphatic hydroxyl groups excluding tert-OH is 1. The Morgan fingerprint density at radius 3 is 2.22 bits per heavy atom. The van der Waals surface area contributed by atoms with Crippen molar-refractivity contribution in [3.8, 4) is 0 Å². The van der Waals surface area contributed by atoms with E-state index in [2.05, 4.69) is 25.7 Å². The molecule has 36 heavy (non-hydrogen) atoms. The second-order valence-corrected chi connectivity index (χ2v) is 11.3. The van der Waals surface area contributed by atoms with Crippen LogP contribution in [-0.2, 0) is 0 Å². The van der Waals surface area contributed by atoms with Crippen LogP contribution in [0.2, 0.25) is 0 Å². The molecular formula is C28H38F6O2. The molecule has 8 heteroatoms. The van der Waals surface area contributed by atoms with Gasteiger partial charge in [0.2, 0.25) is 0 Å². The van der Waals surface area contributed by atoms with E-state index in [1.165, 1.54) is 11.6 Å². The van der Waals surface area contributed by atoms with Crippen molar-refractivity contribution < 1.29 is 36.6 Å². The Kier molecular flexibility index (Phi) is 8.32. The molecule has 204 valence electrons. The first-order chi connectivity index (χ1) is 16.5. The van der Waals surface area contributed by atoms with Gasteiger partial charge in [0.15, 0.2) is 0 Å². The monoisotopic (exact) mass is 520 g/mol. The van der Waals surface area contributed by atoms with Crippen molar-refractivity contribution in [3.05, 3.63) is 47.6 Å². The highest BCUT2D eigenvalue weighted by Gasteiger charge is 2.72. The lowest BCUT2D eigenvalue weighted by Crippen LogP contribution is -2.60. The van der Waals surface area contributed by atoms with E-state index in [0.717, 1.165) is 69.1 Å². The first-order valence-electron chi connectivity index (χ1n) is 12.8. The smallest absolute Gasteiger partial charge is 0.393 e. The summed E-state index contributed by atoms with van der Waals surface area (Å²) >= 11 is 0. The zero-order valence-corrected chi connectivity index (χ0v) is 21.2. The van der Waals surface area contributed by atoms with E-state index < -0.39 is 23.9 Å². The van der Waals surface area contributed by atoms with Gasteiger partial charge in [-0.3, -0.25) is 0 Å². The summed E-state index contributed by atoms with van der Waals surface area (Å²) in [6, 6.07) is 0. The van der Waals surface area contributed by atoms with Crippen LogP contribution in [-0.4, -0.2) is 34.3 Å². The topological polar surface area (TPSA) is 40.5 Å². The summed E-state index contributed by atoms with van der Waals surface area (Å²) in [6.07, 6.45) is 1.24. The fourth-order valence-corrected chi connectivity index (χ4v) is 6.83. The van der Waals surface area contributed by atoms with Gasteiger partial charge in [-0.1, -0.05) is 62.8 Å². The summed E-state index contributed by atoms with van der Waals surface area (Å²) in [7, 11) is 0. The molecule has 0 saturated heterocycles. The fourth-order valence-electron chi connectivity index (χ4n) is 6.83. The number of rotatable bonds is 5. The molecule has 3 rings (SSSR count). The largest absolute Gasteiger partial charge is 0.426 e. The van der Waals surface area contributed by atoms with Crippen LogP contribution in [0.4, 0.5) is 26.3 Å². The van der Waals surface area contributed by atoms with E-state index in [4.69, 9.17) is 0 Å². The maximum absolute atomic E-state index is 13.2. The molecule has 0 aromatic rings. The van der Waals surface area contributed by atoms with E-state index in [9.17, 15) is 36.6 Å². The second kappa shape index (κ2) is 10.3. The van der Waals surface area contributed by atoms with Gasteiger partial charge in [0.05, 0.1) is 6.10 Å². The number of halogens is 6. The van der Waals surface area contributed by atoms with Crippen LogP contribution in [0.3, 0.4) is 0 Å². The van der Waals surface area contributed by atoms with Crippen molar-refractivity contribution in [2.75, 3.05) is 0 Å². The minimum absolute atomic E-state index is 0.108. The Labute approximate surface area is 209 Å². The van der Waals surface area contributed by atoms with Crippen molar-refractivity contribution in [1.82, 2.24) is 0 Å². The van der Waals surface area contributed by atoms with Gasteiger partial charge in [0, 0.05) is 5.92 Å². The molecule has 0 radical (unpaired) electrons. The Bertz CT molecular complexity index is 898. The third-order valence-corrected chi connectivity index (χ3v) is 9.09. The first kappa shape index (κ1) is 29.0. The highest BCUT2D eigenvalue weighted by Crippen LogP contribution is 2.59. The summed E-state index contributed by atoms with van der Waals surface area (Å²) < 4.78 is 79.3. The highest BCUT2D eigenvalue weighted by molar-refractivity contribution is 5.36. The molecule has 2 nitrogen and oxygen atoms in total. The Hall–Kier alpha value is -1.54. The number of fused-ring (bicyclic) bond motifs is 1. The molecule has 3 fully saturated rings. The number of allylic oxidation sites excluding steroid dienone is 5. The van der Waals surface area contributed by atoms with Crippen LogP contribution in [0.5, 0.6) is 0 Å². The average Bonchev–Trinajstić information content (AvgIpc) is 3.13. The zero-order chi connectivity index (χ0) is 27.1. The summed E-state index contributed by atoms with van der Waals surface area (Å²) in [5.41, 5.74) is -1.47. The van der Waals surface area contributed by atoms with Crippen LogP contribution < -0.4 is 0 Å². The first-order valence-corrected chi connectivity index (χ1v) is 12.8. The van der Waals surface area contributed by atoms with Crippen molar-refractivity contribution >= 4 is 0 Å². The number of aliphatic hydroxyl groups is 2. The van der Waals surface area contributed by atoms with Gasteiger partial charge in [-0.15, -0.1) is 0 Å². The molecule has 0 spiro atoms. The molecule has 3 saturated carbocycles. The third kappa shape index (κ3) is 5.35. The summed E-state index contributed by atoms with van der Waals surface area (Å²) in [6.45, 7) is 8.91. The second-order valence-electron chi connectivity index (χ2n) is 11.3. The summed E-state index contributed by atoms with van der Waals surface area (Å²) in [5.74, 6) is -2.00. The maximum atomic E-state index is 13.2. The van der Waals surface area contributed by atoms with Crippen molar-refractivity contribution in [3.63, 3.8) is 0 Å². The lowest BCUT2D eigenvalue weighted by atomic mass is 9.61. The van der Waals surface area contributed by atoms with Crippen LogP contribution >= 0.6 is 0 Å². The maximum Gasteiger partial charge on any atom is 0.426 e. The molecule has 1 unspecified atom stereocenters. The van der Waals surface area contributed by atoms with Crippen LogP contribution in [0.15, 0.2) is 47.6 Å². The molecule has 0 aromatic heterocycles. The van der Waals surface area contributed by atoms with Gasteiger partial charge in [0.1, 0.15) is 0 Å². The lowest BCUT2D eigenvalue weighted by molar-refractivity contribution is -0.378. The van der Waals surface area contributed by atoms with E-state index in [1.54, 1.807) is 0 Å². The molecule has 3 aliphatic carbocycles. The normalized spacial score (nSPS) is 34.4. The lowest BCUT2D eigenvalue weighted by Gasteiger charge is -2.44.